The molecule has 0 saturated carbocycles. The quantitative estimate of drug-likeness (QED) is 0.421. The fourth-order valence-electron chi connectivity index (χ4n) is 3.70. The molecule has 160 valence electrons. The van der Waals surface area contributed by atoms with Crippen LogP contribution in [0, 0.1) is 6.92 Å². The minimum absolute atomic E-state index is 0.259. The zero-order chi connectivity index (χ0) is 22.2. The van der Waals surface area contributed by atoms with Gasteiger partial charge in [0.1, 0.15) is 0 Å². The van der Waals surface area contributed by atoms with Gasteiger partial charge in [-0.3, -0.25) is 0 Å². The van der Waals surface area contributed by atoms with E-state index in [0.29, 0.717) is 23.7 Å². The summed E-state index contributed by atoms with van der Waals surface area (Å²) in [5.41, 5.74) is 3.71. The molecule has 2 radical (unpaired) electrons. The molecule has 1 fully saturated rings. The molecule has 10 heteroatoms. The van der Waals surface area contributed by atoms with E-state index >= 15 is 0 Å². The normalized spacial score (nSPS) is 14.1. The predicted molar refractivity (Wildman–Crippen MR) is 124 cm³/mol. The molecular formula is C22H18AsN5O3S. The van der Waals surface area contributed by atoms with Crippen LogP contribution >= 0.6 is 11.3 Å². The van der Waals surface area contributed by atoms with Crippen molar-refractivity contribution in [2.45, 2.75) is 6.92 Å². The van der Waals surface area contributed by atoms with E-state index < -0.39 is 5.97 Å². The topological polar surface area (TPSA) is 101 Å². The van der Waals surface area contributed by atoms with Crippen LogP contribution in [0.25, 0.3) is 32.0 Å². The Balaban J connectivity index is 1.72. The minimum atomic E-state index is -0.945. The zero-order valence-electron chi connectivity index (χ0n) is 17.1. The molecule has 3 aromatic heterocycles. The summed E-state index contributed by atoms with van der Waals surface area (Å²) in [7, 11) is 0. The fraction of sp³-hybridized carbons (Fsp3) is 0.227. The van der Waals surface area contributed by atoms with Crippen molar-refractivity contribution in [1.29, 1.82) is 0 Å². The van der Waals surface area contributed by atoms with Gasteiger partial charge in [-0.2, -0.15) is 0 Å². The maximum atomic E-state index is 11.5. The molecule has 8 nitrogen and oxygen atoms in total. The van der Waals surface area contributed by atoms with Crippen molar-refractivity contribution in [3.8, 4) is 21.8 Å². The number of benzene rings is 1. The van der Waals surface area contributed by atoms with Gasteiger partial charge in [0.15, 0.2) is 0 Å². The number of hydrogen-bond donors (Lipinski definition) is 1. The number of aromatic nitrogens is 4. The first-order chi connectivity index (χ1) is 15.5. The molecule has 0 aliphatic carbocycles. The molecule has 0 spiro atoms. The van der Waals surface area contributed by atoms with Gasteiger partial charge in [0.25, 0.3) is 0 Å². The Kier molecular flexibility index (Phi) is 5.63. The Morgan fingerprint density at radius 3 is 2.62 bits per heavy atom. The van der Waals surface area contributed by atoms with E-state index in [1.807, 2.05) is 13.0 Å². The number of carboxylic acids is 1. The van der Waals surface area contributed by atoms with Crippen molar-refractivity contribution in [2.75, 3.05) is 31.2 Å². The summed E-state index contributed by atoms with van der Waals surface area (Å²) in [5.74, 6) is 0.483. The van der Waals surface area contributed by atoms with Gasteiger partial charge < -0.3 is 5.11 Å². The van der Waals surface area contributed by atoms with Crippen LogP contribution in [0.15, 0.2) is 36.7 Å². The number of hydrogen-bond acceptors (Lipinski definition) is 8. The Morgan fingerprint density at radius 1 is 1.16 bits per heavy atom. The molecule has 32 heavy (non-hydrogen) atoms. The molecule has 4 heterocycles. The summed E-state index contributed by atoms with van der Waals surface area (Å²) in [4.78, 5) is 33.0. The summed E-state index contributed by atoms with van der Waals surface area (Å²) in [6.07, 6.45) is 3.45. The first-order valence-corrected chi connectivity index (χ1v) is 11.8. The Morgan fingerprint density at radius 2 is 1.91 bits per heavy atom. The summed E-state index contributed by atoms with van der Waals surface area (Å²) >= 11 is 3.91. The third-order valence-corrected chi connectivity index (χ3v) is 7.14. The van der Waals surface area contributed by atoms with E-state index in [-0.39, 0.29) is 5.56 Å². The number of nitrogens with zero attached hydrogens (tertiary/aromatic N) is 5. The second-order valence-corrected chi connectivity index (χ2v) is 9.22. The van der Waals surface area contributed by atoms with Crippen molar-refractivity contribution < 1.29 is 14.6 Å². The summed E-state index contributed by atoms with van der Waals surface area (Å²) in [5, 5.41) is 9.41. The molecule has 0 atom stereocenters. The van der Waals surface area contributed by atoms with Crippen molar-refractivity contribution in [3.05, 3.63) is 47.8 Å². The summed E-state index contributed by atoms with van der Waals surface area (Å²) in [6, 6.07) is 7.00. The van der Waals surface area contributed by atoms with Crippen LogP contribution < -0.4 is 9.51 Å². The van der Waals surface area contributed by atoms with Crippen molar-refractivity contribution >= 4 is 54.8 Å². The number of carbonyl (C=O) groups is 1. The number of aryl methyl sites for hydroxylation is 1. The molecule has 1 aliphatic heterocycles. The molecule has 4 aromatic rings. The van der Waals surface area contributed by atoms with Gasteiger partial charge >= 0.3 is 181 Å². The molecule has 0 unspecified atom stereocenters. The van der Waals surface area contributed by atoms with Crippen LogP contribution in [0.3, 0.4) is 0 Å². The maximum absolute atomic E-state index is 11.5. The number of thiophene rings is 1. The van der Waals surface area contributed by atoms with Crippen molar-refractivity contribution in [1.82, 2.24) is 19.9 Å². The van der Waals surface area contributed by atoms with E-state index in [9.17, 15) is 9.90 Å². The first-order valence-electron chi connectivity index (χ1n) is 10.00. The molecule has 0 amide bonds. The number of ether oxygens (including phenoxy) is 1. The Hall–Kier alpha value is -2.87. The van der Waals surface area contributed by atoms with Crippen LogP contribution in [0.5, 0.6) is 0 Å². The average molecular weight is 507 g/mol. The Labute approximate surface area is 196 Å². The van der Waals surface area contributed by atoms with Crippen LogP contribution in [0.1, 0.15) is 15.9 Å². The molecule has 1 saturated heterocycles. The number of anilines is 1. The van der Waals surface area contributed by atoms with E-state index in [4.69, 9.17) is 14.7 Å². The summed E-state index contributed by atoms with van der Waals surface area (Å²) in [6.45, 7) is 4.79. The van der Waals surface area contributed by atoms with Crippen molar-refractivity contribution in [2.24, 2.45) is 0 Å². The third-order valence-electron chi connectivity index (χ3n) is 5.33. The van der Waals surface area contributed by atoms with Gasteiger partial charge in [0, 0.05) is 0 Å². The number of morpholine rings is 1. The SMILES string of the molecule is Cc1c(-c2cccc(C(=O)O)c2)sc2c(N3CCOCC3)nc(-c3cnc([As])nc3)nc12. The number of fused-ring (bicyclic) bond motifs is 1. The van der Waals surface area contributed by atoms with Crippen LogP contribution in [-0.4, -0.2) is 74.2 Å². The molecule has 0 bridgehead atoms. The number of rotatable bonds is 4. The second-order valence-electron chi connectivity index (χ2n) is 7.36. The number of aromatic carboxylic acids is 1. The molecule has 1 N–H and O–H groups in total. The fourth-order valence-corrected chi connectivity index (χ4v) is 5.20. The zero-order valence-corrected chi connectivity index (χ0v) is 19.8. The number of carboxylic acid groups (broad SMARTS) is 1. The molecule has 5 rings (SSSR count). The van der Waals surface area contributed by atoms with E-state index in [1.165, 1.54) is 0 Å². The molecule has 1 aliphatic rings. The third kappa shape index (κ3) is 3.88. The van der Waals surface area contributed by atoms with Gasteiger partial charge in [-0.15, -0.1) is 0 Å². The van der Waals surface area contributed by atoms with E-state index in [1.54, 1.807) is 41.9 Å². The monoisotopic (exact) mass is 507 g/mol. The van der Waals surface area contributed by atoms with Crippen molar-refractivity contribution in [3.63, 3.8) is 0 Å². The predicted octanol–water partition coefficient (Wildman–Crippen LogP) is 2.45. The average Bonchev–Trinajstić information content (AvgIpc) is 3.16. The molecular weight excluding hydrogens is 489 g/mol. The van der Waals surface area contributed by atoms with Crippen LogP contribution in [0.4, 0.5) is 5.82 Å². The van der Waals surface area contributed by atoms with E-state index in [0.717, 1.165) is 50.7 Å². The Bertz CT molecular complexity index is 1320. The van der Waals surface area contributed by atoms with Crippen LogP contribution in [-0.2, 0) is 4.74 Å². The van der Waals surface area contributed by atoms with Gasteiger partial charge in [0.05, 0.1) is 0 Å². The first kappa shape index (κ1) is 21.0. The van der Waals surface area contributed by atoms with E-state index in [2.05, 4.69) is 31.7 Å². The van der Waals surface area contributed by atoms with Gasteiger partial charge in [-0.25, -0.2) is 4.79 Å². The summed E-state index contributed by atoms with van der Waals surface area (Å²) < 4.78 is 7.14. The van der Waals surface area contributed by atoms with Gasteiger partial charge in [-0.05, 0) is 6.07 Å². The second kappa shape index (κ2) is 8.58. The van der Waals surface area contributed by atoms with Crippen LogP contribution in [0.2, 0.25) is 0 Å². The molecule has 1 aromatic carbocycles. The van der Waals surface area contributed by atoms with Gasteiger partial charge in [0.2, 0.25) is 0 Å². The standard InChI is InChI=1S/C22H18AsN5O3S/c1-12-16-18(32-17(12)13-3-2-4-14(9-13)21(29)30)20(28-5-7-31-8-6-28)27-19(26-16)15-10-24-22(23)25-11-15/h2-4,9-11H,5-8H2,1H3,(H,29,30). The van der Waals surface area contributed by atoms with Gasteiger partial charge in [-0.1, -0.05) is 0 Å².